The second-order valence-electron chi connectivity index (χ2n) is 4.52. The Labute approximate surface area is 110 Å². The number of aryl methyl sites for hydroxylation is 3. The van der Waals surface area contributed by atoms with Gasteiger partial charge in [0.25, 0.3) is 0 Å². The van der Waals surface area contributed by atoms with Crippen LogP contribution in [0.1, 0.15) is 16.1 Å². The zero-order valence-corrected chi connectivity index (χ0v) is 11.5. The quantitative estimate of drug-likeness (QED) is 0.647. The third-order valence-corrected chi connectivity index (χ3v) is 3.98. The maximum Gasteiger partial charge on any atom is 0.144 e. The van der Waals surface area contributed by atoms with Crippen molar-refractivity contribution in [2.24, 2.45) is 0 Å². The monoisotopic (exact) mass is 254 g/mol. The summed E-state index contributed by atoms with van der Waals surface area (Å²) in [5, 5.41) is 1.07. The molecule has 18 heavy (non-hydrogen) atoms. The molecule has 2 aromatic heterocycles. The normalized spacial score (nSPS) is 11.1. The van der Waals surface area contributed by atoms with Gasteiger partial charge >= 0.3 is 0 Å². The Hall–Kier alpha value is -1.74. The van der Waals surface area contributed by atoms with Gasteiger partial charge in [0.1, 0.15) is 10.3 Å². The van der Waals surface area contributed by atoms with E-state index >= 15 is 0 Å². The van der Waals surface area contributed by atoms with Crippen molar-refractivity contribution in [2.45, 2.75) is 20.8 Å². The van der Waals surface area contributed by atoms with Crippen molar-refractivity contribution in [2.75, 3.05) is 0 Å². The van der Waals surface area contributed by atoms with Crippen LogP contribution in [0.3, 0.4) is 0 Å². The molecule has 0 saturated carbocycles. The number of pyridine rings is 1. The first-order chi connectivity index (χ1) is 8.65. The Morgan fingerprint density at radius 3 is 2.33 bits per heavy atom. The average Bonchev–Trinajstić information content (AvgIpc) is 2.68. The lowest BCUT2D eigenvalue weighted by molar-refractivity contribution is 1.31. The van der Waals surface area contributed by atoms with Crippen LogP contribution in [0.4, 0.5) is 0 Å². The van der Waals surface area contributed by atoms with Crippen molar-refractivity contribution in [1.82, 2.24) is 9.97 Å². The molecule has 90 valence electrons. The van der Waals surface area contributed by atoms with Crippen molar-refractivity contribution in [1.29, 1.82) is 0 Å². The van der Waals surface area contributed by atoms with Crippen LogP contribution in [-0.2, 0) is 0 Å². The predicted octanol–water partition coefficient (Wildman–Crippen LogP) is 4.28. The van der Waals surface area contributed by atoms with E-state index in [0.29, 0.717) is 0 Å². The molecule has 3 heteroatoms. The highest BCUT2D eigenvalue weighted by Gasteiger charge is 2.09. The third-order valence-electron chi connectivity index (χ3n) is 3.10. The number of hydrogen-bond acceptors (Lipinski definition) is 3. The SMILES string of the molecule is Cc1nc2ccc(-c3c(C)cccc3C)nc2s1. The Morgan fingerprint density at radius 2 is 1.61 bits per heavy atom. The van der Waals surface area contributed by atoms with Crippen LogP contribution >= 0.6 is 11.3 Å². The van der Waals surface area contributed by atoms with Crippen molar-refractivity contribution in [3.8, 4) is 11.3 Å². The fraction of sp³-hybridized carbons (Fsp3) is 0.200. The van der Waals surface area contributed by atoms with E-state index in [0.717, 1.165) is 21.0 Å². The van der Waals surface area contributed by atoms with Crippen LogP contribution in [0.2, 0.25) is 0 Å². The van der Waals surface area contributed by atoms with Crippen molar-refractivity contribution in [3.63, 3.8) is 0 Å². The Balaban J connectivity index is 2.25. The van der Waals surface area contributed by atoms with Crippen molar-refractivity contribution >= 4 is 21.7 Å². The van der Waals surface area contributed by atoms with Gasteiger partial charge in [-0.2, -0.15) is 0 Å². The van der Waals surface area contributed by atoms with Crippen molar-refractivity contribution in [3.05, 3.63) is 46.5 Å². The summed E-state index contributed by atoms with van der Waals surface area (Å²) < 4.78 is 0. The fourth-order valence-electron chi connectivity index (χ4n) is 2.28. The average molecular weight is 254 g/mol. The molecule has 0 radical (unpaired) electrons. The first kappa shape index (κ1) is 11.4. The number of aromatic nitrogens is 2. The second-order valence-corrected chi connectivity index (χ2v) is 5.70. The van der Waals surface area contributed by atoms with Gasteiger partial charge in [0, 0.05) is 5.56 Å². The summed E-state index contributed by atoms with van der Waals surface area (Å²) in [6.07, 6.45) is 0. The zero-order chi connectivity index (χ0) is 12.7. The Kier molecular flexibility index (Phi) is 2.63. The van der Waals surface area contributed by atoms with Crippen LogP contribution in [0.25, 0.3) is 21.6 Å². The third kappa shape index (κ3) is 1.81. The highest BCUT2D eigenvalue weighted by atomic mass is 32.1. The van der Waals surface area contributed by atoms with Crippen LogP contribution < -0.4 is 0 Å². The van der Waals surface area contributed by atoms with E-state index in [9.17, 15) is 0 Å². The van der Waals surface area contributed by atoms with Gasteiger partial charge < -0.3 is 0 Å². The predicted molar refractivity (Wildman–Crippen MR) is 77.1 cm³/mol. The van der Waals surface area contributed by atoms with Gasteiger partial charge in [-0.05, 0) is 44.0 Å². The van der Waals surface area contributed by atoms with Crippen LogP contribution in [0.5, 0.6) is 0 Å². The van der Waals surface area contributed by atoms with Crippen molar-refractivity contribution < 1.29 is 0 Å². The Morgan fingerprint density at radius 1 is 0.889 bits per heavy atom. The van der Waals surface area contributed by atoms with E-state index in [4.69, 9.17) is 4.98 Å². The molecule has 2 nitrogen and oxygen atoms in total. The number of hydrogen-bond donors (Lipinski definition) is 0. The van der Waals surface area contributed by atoms with Gasteiger partial charge in [0.05, 0.1) is 10.7 Å². The van der Waals surface area contributed by atoms with Gasteiger partial charge in [-0.1, -0.05) is 29.5 Å². The molecule has 3 aromatic rings. The summed E-state index contributed by atoms with van der Waals surface area (Å²) in [6.45, 7) is 6.28. The highest BCUT2D eigenvalue weighted by molar-refractivity contribution is 7.18. The van der Waals surface area contributed by atoms with Crippen LogP contribution in [0, 0.1) is 20.8 Å². The molecule has 0 atom stereocenters. The van der Waals surface area contributed by atoms with Gasteiger partial charge in [-0.15, -0.1) is 0 Å². The van der Waals surface area contributed by atoms with Gasteiger partial charge in [-0.3, -0.25) is 0 Å². The van der Waals surface area contributed by atoms with E-state index < -0.39 is 0 Å². The molecule has 3 rings (SSSR count). The van der Waals surface area contributed by atoms with Crippen LogP contribution in [0.15, 0.2) is 30.3 Å². The lowest BCUT2D eigenvalue weighted by Crippen LogP contribution is -1.90. The van der Waals surface area contributed by atoms with Gasteiger partial charge in [0.15, 0.2) is 0 Å². The first-order valence-electron chi connectivity index (χ1n) is 5.96. The molecule has 0 aliphatic heterocycles. The minimum atomic E-state index is 0.993. The fourth-order valence-corrected chi connectivity index (χ4v) is 3.07. The molecule has 0 aliphatic carbocycles. The lowest BCUT2D eigenvalue weighted by Gasteiger charge is -2.08. The number of thiazole rings is 1. The minimum absolute atomic E-state index is 0.993. The molecule has 0 aliphatic rings. The lowest BCUT2D eigenvalue weighted by atomic mass is 10.00. The molecule has 0 unspecified atom stereocenters. The molecule has 0 N–H and O–H groups in total. The number of rotatable bonds is 1. The first-order valence-corrected chi connectivity index (χ1v) is 6.77. The number of benzene rings is 1. The Bertz CT molecular complexity index is 708. The molecule has 0 fully saturated rings. The van der Waals surface area contributed by atoms with Gasteiger partial charge in [-0.25, -0.2) is 9.97 Å². The number of fused-ring (bicyclic) bond motifs is 1. The summed E-state index contributed by atoms with van der Waals surface area (Å²) in [6, 6.07) is 10.5. The molecular formula is C15H14N2S. The van der Waals surface area contributed by atoms with Crippen LogP contribution in [-0.4, -0.2) is 9.97 Å². The van der Waals surface area contributed by atoms with E-state index in [1.165, 1.54) is 16.7 Å². The van der Waals surface area contributed by atoms with E-state index in [1.807, 2.05) is 6.92 Å². The summed E-state index contributed by atoms with van der Waals surface area (Å²) in [7, 11) is 0. The maximum atomic E-state index is 4.74. The molecule has 0 saturated heterocycles. The molecule has 0 amide bonds. The second kappa shape index (κ2) is 4.18. The van der Waals surface area contributed by atoms with E-state index in [-0.39, 0.29) is 0 Å². The zero-order valence-electron chi connectivity index (χ0n) is 10.7. The summed E-state index contributed by atoms with van der Waals surface area (Å²) in [5.74, 6) is 0. The van der Waals surface area contributed by atoms with Gasteiger partial charge in [0.2, 0.25) is 0 Å². The summed E-state index contributed by atoms with van der Waals surface area (Å²) in [5.41, 5.74) is 5.81. The molecular weight excluding hydrogens is 240 g/mol. The number of nitrogens with zero attached hydrogens (tertiary/aromatic N) is 2. The highest BCUT2D eigenvalue weighted by Crippen LogP contribution is 2.28. The maximum absolute atomic E-state index is 4.74. The minimum Gasteiger partial charge on any atom is -0.240 e. The molecule has 1 aromatic carbocycles. The molecule has 2 heterocycles. The smallest absolute Gasteiger partial charge is 0.144 e. The van der Waals surface area contributed by atoms with E-state index in [1.54, 1.807) is 11.3 Å². The molecule has 0 spiro atoms. The molecule has 0 bridgehead atoms. The van der Waals surface area contributed by atoms with E-state index in [2.05, 4.69) is 49.2 Å². The standard InChI is InChI=1S/C15H14N2S/c1-9-5-4-6-10(2)14(9)12-7-8-13-15(17-12)18-11(3)16-13/h4-8H,1-3H3. The summed E-state index contributed by atoms with van der Waals surface area (Å²) >= 11 is 1.65. The largest absolute Gasteiger partial charge is 0.240 e. The summed E-state index contributed by atoms with van der Waals surface area (Å²) in [4.78, 5) is 10.2. The topological polar surface area (TPSA) is 25.8 Å².